The van der Waals surface area contributed by atoms with E-state index in [1.807, 2.05) is 71.8 Å². The van der Waals surface area contributed by atoms with Crippen LogP contribution in [0.5, 0.6) is 0 Å². The van der Waals surface area contributed by atoms with Crippen LogP contribution >= 0.6 is 0 Å². The molecule has 0 saturated carbocycles. The monoisotopic (exact) mass is 398 g/mol. The summed E-state index contributed by atoms with van der Waals surface area (Å²) in [6.07, 6.45) is 8.85. The number of carbonyl (C=O) groups is 1. The molecular weight excluding hydrogens is 376 g/mol. The van der Waals surface area contributed by atoms with E-state index in [0.29, 0.717) is 13.1 Å². The largest absolute Gasteiger partial charge is 0.440 e. The van der Waals surface area contributed by atoms with Gasteiger partial charge in [-0.1, -0.05) is 30.3 Å². The number of oxazole rings is 1. The van der Waals surface area contributed by atoms with Gasteiger partial charge in [-0.15, -0.1) is 0 Å². The number of carbonyl (C=O) groups excluding carboxylic acids is 1. The summed E-state index contributed by atoms with van der Waals surface area (Å²) in [5.41, 5.74) is 3.60. The quantitative estimate of drug-likeness (QED) is 0.477. The number of nitrogens with zero attached hydrogens (tertiary/aromatic N) is 4. The van der Waals surface area contributed by atoms with E-state index in [9.17, 15) is 4.79 Å². The van der Waals surface area contributed by atoms with Gasteiger partial charge in [-0.05, 0) is 43.2 Å². The van der Waals surface area contributed by atoms with Gasteiger partial charge in [-0.2, -0.15) is 5.10 Å². The minimum absolute atomic E-state index is 0.0264. The van der Waals surface area contributed by atoms with Crippen molar-refractivity contribution in [3.63, 3.8) is 0 Å². The fraction of sp³-hybridized carbons (Fsp3) is 0.208. The second-order valence-corrected chi connectivity index (χ2v) is 7.51. The summed E-state index contributed by atoms with van der Waals surface area (Å²) in [4.78, 5) is 19.1. The zero-order valence-electron chi connectivity index (χ0n) is 16.5. The number of aromatic nitrogens is 3. The van der Waals surface area contributed by atoms with E-state index in [-0.39, 0.29) is 11.8 Å². The van der Waals surface area contributed by atoms with Crippen molar-refractivity contribution < 1.29 is 9.21 Å². The number of amides is 1. The zero-order chi connectivity index (χ0) is 20.3. The van der Waals surface area contributed by atoms with E-state index in [4.69, 9.17) is 4.42 Å². The Balaban J connectivity index is 1.19. The van der Waals surface area contributed by atoms with E-state index in [1.165, 1.54) is 0 Å². The van der Waals surface area contributed by atoms with Crippen LogP contribution in [-0.2, 0) is 4.79 Å². The lowest BCUT2D eigenvalue weighted by molar-refractivity contribution is -0.127. The highest BCUT2D eigenvalue weighted by Gasteiger charge is 2.26. The molecule has 1 amide bonds. The first-order valence-electron chi connectivity index (χ1n) is 10.2. The topological polar surface area (TPSA) is 64.2 Å². The molecule has 0 bridgehead atoms. The maximum atomic E-state index is 12.6. The molecule has 1 saturated heterocycles. The molecule has 1 fully saturated rings. The molecule has 0 unspecified atom stereocenters. The normalized spacial score (nSPS) is 15.3. The van der Waals surface area contributed by atoms with Gasteiger partial charge in [-0.25, -0.2) is 9.67 Å². The van der Waals surface area contributed by atoms with Gasteiger partial charge >= 0.3 is 0 Å². The summed E-state index contributed by atoms with van der Waals surface area (Å²) < 4.78 is 7.71. The summed E-state index contributed by atoms with van der Waals surface area (Å²) in [6.45, 7) is 1.41. The van der Waals surface area contributed by atoms with E-state index in [0.717, 1.165) is 41.1 Å². The van der Waals surface area contributed by atoms with Gasteiger partial charge in [0, 0.05) is 36.8 Å². The summed E-state index contributed by atoms with van der Waals surface area (Å²) in [5, 5.41) is 4.36. The van der Waals surface area contributed by atoms with Crippen LogP contribution < -0.4 is 0 Å². The first kappa shape index (κ1) is 18.4. The Morgan fingerprint density at radius 1 is 1.03 bits per heavy atom. The second-order valence-electron chi connectivity index (χ2n) is 7.51. The highest BCUT2D eigenvalue weighted by Crippen LogP contribution is 2.30. The van der Waals surface area contributed by atoms with E-state index in [1.54, 1.807) is 17.0 Å². The van der Waals surface area contributed by atoms with Gasteiger partial charge in [0.2, 0.25) is 5.91 Å². The van der Waals surface area contributed by atoms with Crippen molar-refractivity contribution >= 4 is 23.1 Å². The molecule has 3 heterocycles. The van der Waals surface area contributed by atoms with Crippen molar-refractivity contribution in [2.24, 2.45) is 0 Å². The molecule has 0 N–H and O–H groups in total. The number of piperidine rings is 1. The van der Waals surface area contributed by atoms with Crippen molar-refractivity contribution in [2.75, 3.05) is 13.1 Å². The number of likely N-dealkylation sites (tertiary alicyclic amines) is 1. The predicted octanol–water partition coefficient (Wildman–Crippen LogP) is 4.43. The fourth-order valence-corrected chi connectivity index (χ4v) is 3.83. The van der Waals surface area contributed by atoms with Gasteiger partial charge in [-0.3, -0.25) is 4.79 Å². The SMILES string of the molecule is O=C(/C=C/c1cnn(-c2ccccc2)c1)N1CCC(c2nc3ccccc3o2)CC1. The third-order valence-corrected chi connectivity index (χ3v) is 5.51. The Hall–Kier alpha value is -3.67. The third kappa shape index (κ3) is 3.76. The van der Waals surface area contributed by atoms with Crippen LogP contribution in [0.2, 0.25) is 0 Å². The van der Waals surface area contributed by atoms with Crippen LogP contribution in [0.25, 0.3) is 22.9 Å². The van der Waals surface area contributed by atoms with Gasteiger partial charge in [0.25, 0.3) is 0 Å². The smallest absolute Gasteiger partial charge is 0.246 e. The highest BCUT2D eigenvalue weighted by atomic mass is 16.3. The van der Waals surface area contributed by atoms with Crippen LogP contribution in [0.4, 0.5) is 0 Å². The summed E-state index contributed by atoms with van der Waals surface area (Å²) in [6, 6.07) is 17.7. The molecule has 6 nitrogen and oxygen atoms in total. The average molecular weight is 398 g/mol. The zero-order valence-corrected chi connectivity index (χ0v) is 16.5. The maximum Gasteiger partial charge on any atom is 0.246 e. The van der Waals surface area contributed by atoms with Crippen LogP contribution in [0.15, 0.2) is 77.5 Å². The maximum absolute atomic E-state index is 12.6. The number of rotatable bonds is 4. The first-order chi connectivity index (χ1) is 14.8. The molecule has 30 heavy (non-hydrogen) atoms. The molecule has 1 aliphatic rings. The standard InChI is InChI=1S/C24H22N4O2/c29-23(11-10-18-16-25-28(17-18)20-6-2-1-3-7-20)27-14-12-19(13-15-27)24-26-21-8-4-5-9-22(21)30-24/h1-11,16-17,19H,12-15H2/b11-10+. The number of hydrogen-bond acceptors (Lipinski definition) is 4. The number of hydrogen-bond donors (Lipinski definition) is 0. The second kappa shape index (κ2) is 7.99. The van der Waals surface area contributed by atoms with Gasteiger partial charge < -0.3 is 9.32 Å². The minimum atomic E-state index is 0.0264. The summed E-state index contributed by atoms with van der Waals surface area (Å²) >= 11 is 0. The average Bonchev–Trinajstić information content (AvgIpc) is 3.45. The molecule has 0 aliphatic carbocycles. The summed E-state index contributed by atoms with van der Waals surface area (Å²) in [7, 11) is 0. The summed E-state index contributed by atoms with van der Waals surface area (Å²) in [5.74, 6) is 1.07. The van der Waals surface area contributed by atoms with E-state index in [2.05, 4.69) is 10.1 Å². The number of benzene rings is 2. The predicted molar refractivity (Wildman–Crippen MR) is 115 cm³/mol. The van der Waals surface area contributed by atoms with Gasteiger partial charge in [0.15, 0.2) is 11.5 Å². The lowest BCUT2D eigenvalue weighted by Crippen LogP contribution is -2.36. The van der Waals surface area contributed by atoms with Crippen LogP contribution in [-0.4, -0.2) is 38.7 Å². The third-order valence-electron chi connectivity index (χ3n) is 5.51. The van der Waals surface area contributed by atoms with Crippen molar-refractivity contribution in [1.29, 1.82) is 0 Å². The van der Waals surface area contributed by atoms with Crippen molar-refractivity contribution in [3.8, 4) is 5.69 Å². The van der Waals surface area contributed by atoms with Crippen LogP contribution in [0, 0.1) is 0 Å². The van der Waals surface area contributed by atoms with E-state index < -0.39 is 0 Å². The Bertz CT molecular complexity index is 1150. The number of fused-ring (bicyclic) bond motifs is 1. The molecule has 1 aliphatic heterocycles. The first-order valence-corrected chi connectivity index (χ1v) is 10.2. The Kier molecular flexibility index (Phi) is 4.89. The highest BCUT2D eigenvalue weighted by molar-refractivity contribution is 5.91. The van der Waals surface area contributed by atoms with Gasteiger partial charge in [0.1, 0.15) is 5.52 Å². The molecule has 0 atom stereocenters. The Morgan fingerprint density at radius 3 is 2.60 bits per heavy atom. The van der Waals surface area contributed by atoms with Crippen molar-refractivity contribution in [3.05, 3.63) is 84.5 Å². The Morgan fingerprint density at radius 2 is 1.80 bits per heavy atom. The fourth-order valence-electron chi connectivity index (χ4n) is 3.83. The lowest BCUT2D eigenvalue weighted by atomic mass is 9.96. The van der Waals surface area contributed by atoms with Crippen molar-refractivity contribution in [1.82, 2.24) is 19.7 Å². The van der Waals surface area contributed by atoms with Gasteiger partial charge in [0.05, 0.1) is 11.9 Å². The molecule has 150 valence electrons. The molecular formula is C24H22N4O2. The minimum Gasteiger partial charge on any atom is -0.440 e. The van der Waals surface area contributed by atoms with E-state index >= 15 is 0 Å². The lowest BCUT2D eigenvalue weighted by Gasteiger charge is -2.29. The molecule has 0 spiro atoms. The molecule has 2 aromatic carbocycles. The molecule has 4 aromatic rings. The molecule has 5 rings (SSSR count). The van der Waals surface area contributed by atoms with Crippen LogP contribution in [0.1, 0.15) is 30.2 Å². The molecule has 2 aromatic heterocycles. The molecule has 0 radical (unpaired) electrons. The van der Waals surface area contributed by atoms with Crippen LogP contribution in [0.3, 0.4) is 0 Å². The Labute approximate surface area is 174 Å². The number of para-hydroxylation sites is 3. The molecule has 6 heteroatoms. The van der Waals surface area contributed by atoms with Crippen molar-refractivity contribution in [2.45, 2.75) is 18.8 Å².